The zero-order valence-electron chi connectivity index (χ0n) is 8.67. The number of carboxylic acid groups (broad SMARTS) is 1. The molecule has 1 rings (SSSR count). The topological polar surface area (TPSA) is 54.4 Å². The smallest absolute Gasteiger partial charge is 0.318 e. The molecule has 0 unspecified atom stereocenters. The number of carboxylic acids is 1. The summed E-state index contributed by atoms with van der Waals surface area (Å²) in [5, 5.41) is 9.16. The maximum atomic E-state index is 11.5. The molecule has 0 spiro atoms. The molecule has 2 atom stereocenters. The van der Waals surface area contributed by atoms with E-state index < -0.39 is 22.7 Å². The summed E-state index contributed by atoms with van der Waals surface area (Å²) in [6.07, 6.45) is 1.43. The zero-order chi connectivity index (χ0) is 12.0. The third-order valence-electron chi connectivity index (χ3n) is 3.36. The lowest BCUT2D eigenvalue weighted by molar-refractivity contribution is -0.149. The highest BCUT2D eigenvalue weighted by atomic mass is 35.5. The van der Waals surface area contributed by atoms with Gasteiger partial charge in [0.2, 0.25) is 0 Å². The molecule has 3 nitrogen and oxygen atoms in total. The highest BCUT2D eigenvalue weighted by Crippen LogP contribution is 2.70. The Balaban J connectivity index is 3.20. The van der Waals surface area contributed by atoms with Gasteiger partial charge in [-0.3, -0.25) is 9.59 Å². The molecule has 0 bridgehead atoms. The van der Waals surface area contributed by atoms with E-state index in [1.807, 2.05) is 0 Å². The van der Waals surface area contributed by atoms with E-state index in [0.717, 1.165) is 0 Å². The standard InChI is InChI=1S/C10H12Cl2O3/c1-5(13)10(8(14)15)6(4-7(11)12)9(10,2)3/h4,6H,1-3H3,(H,14,15)/t6-,10-/m1/s1. The van der Waals surface area contributed by atoms with Crippen LogP contribution >= 0.6 is 23.2 Å². The van der Waals surface area contributed by atoms with E-state index in [1.54, 1.807) is 13.8 Å². The normalized spacial score (nSPS) is 31.9. The number of ketones is 1. The molecule has 0 heterocycles. The number of carbonyl (C=O) groups is 2. The predicted octanol–water partition coefficient (Wildman–Crippen LogP) is 2.62. The molecule has 84 valence electrons. The van der Waals surface area contributed by atoms with Crippen LogP contribution in [0.15, 0.2) is 10.6 Å². The van der Waals surface area contributed by atoms with Crippen LogP contribution in [0.4, 0.5) is 0 Å². The van der Waals surface area contributed by atoms with E-state index in [-0.39, 0.29) is 10.3 Å². The third kappa shape index (κ3) is 1.49. The van der Waals surface area contributed by atoms with Crippen LogP contribution in [0.1, 0.15) is 20.8 Å². The van der Waals surface area contributed by atoms with Gasteiger partial charge in [-0.2, -0.15) is 0 Å². The largest absolute Gasteiger partial charge is 0.480 e. The fourth-order valence-electron chi connectivity index (χ4n) is 2.49. The Kier molecular flexibility index (Phi) is 2.92. The molecule has 1 fully saturated rings. The molecule has 0 aliphatic heterocycles. The molecule has 1 N–H and O–H groups in total. The van der Waals surface area contributed by atoms with Crippen LogP contribution in [0.25, 0.3) is 0 Å². The Labute approximate surface area is 98.1 Å². The van der Waals surface area contributed by atoms with Crippen molar-refractivity contribution in [3.63, 3.8) is 0 Å². The lowest BCUT2D eigenvalue weighted by atomic mass is 9.92. The minimum absolute atomic E-state index is 0.00236. The molecule has 0 aromatic rings. The molecular weight excluding hydrogens is 239 g/mol. The van der Waals surface area contributed by atoms with Crippen LogP contribution in [0, 0.1) is 16.7 Å². The number of allylic oxidation sites excluding steroid dienone is 1. The quantitative estimate of drug-likeness (QED) is 0.784. The Bertz CT molecular complexity index is 340. The van der Waals surface area contributed by atoms with E-state index >= 15 is 0 Å². The molecule has 0 amide bonds. The van der Waals surface area contributed by atoms with Gasteiger partial charge in [-0.25, -0.2) is 0 Å². The highest BCUT2D eigenvalue weighted by molar-refractivity contribution is 6.55. The molecule has 0 aromatic heterocycles. The van der Waals surface area contributed by atoms with Crippen LogP contribution in [-0.4, -0.2) is 16.9 Å². The maximum absolute atomic E-state index is 11.5. The first-order valence-electron chi connectivity index (χ1n) is 4.46. The van der Waals surface area contributed by atoms with E-state index in [4.69, 9.17) is 28.3 Å². The highest BCUT2D eigenvalue weighted by Gasteiger charge is 2.78. The predicted molar refractivity (Wildman–Crippen MR) is 57.8 cm³/mol. The van der Waals surface area contributed by atoms with Gasteiger partial charge < -0.3 is 5.11 Å². The van der Waals surface area contributed by atoms with Gasteiger partial charge in [0.15, 0.2) is 0 Å². The Morgan fingerprint density at radius 2 is 1.80 bits per heavy atom. The first-order chi connectivity index (χ1) is 6.69. The minimum atomic E-state index is -1.37. The second-order valence-electron chi connectivity index (χ2n) is 4.33. The van der Waals surface area contributed by atoms with E-state index in [2.05, 4.69) is 0 Å². The number of Topliss-reactive ketones (excluding diaryl/α,β-unsaturated/α-hetero) is 1. The van der Waals surface area contributed by atoms with Gasteiger partial charge in [0, 0.05) is 5.92 Å². The van der Waals surface area contributed by atoms with E-state index in [1.165, 1.54) is 13.0 Å². The number of carbonyl (C=O) groups excluding carboxylic acids is 1. The number of aliphatic carboxylic acids is 1. The van der Waals surface area contributed by atoms with Crippen molar-refractivity contribution >= 4 is 35.0 Å². The molecular formula is C10H12Cl2O3. The Morgan fingerprint density at radius 3 is 2.00 bits per heavy atom. The summed E-state index contributed by atoms with van der Waals surface area (Å²) in [6, 6.07) is 0. The molecule has 0 aromatic carbocycles. The Hall–Kier alpha value is -0.540. The summed E-state index contributed by atoms with van der Waals surface area (Å²) < 4.78 is -0.00236. The second kappa shape index (κ2) is 3.49. The van der Waals surface area contributed by atoms with E-state index in [9.17, 15) is 9.59 Å². The Morgan fingerprint density at radius 1 is 1.33 bits per heavy atom. The molecule has 5 heteroatoms. The third-order valence-corrected chi connectivity index (χ3v) is 3.61. The lowest BCUT2D eigenvalue weighted by Gasteiger charge is -2.10. The summed E-state index contributed by atoms with van der Waals surface area (Å²) in [4.78, 5) is 22.7. The number of hydrogen-bond donors (Lipinski definition) is 1. The second-order valence-corrected chi connectivity index (χ2v) is 5.33. The van der Waals surface area contributed by atoms with Crippen molar-refractivity contribution < 1.29 is 14.7 Å². The number of rotatable bonds is 3. The monoisotopic (exact) mass is 250 g/mol. The van der Waals surface area contributed by atoms with Crippen LogP contribution in [0.5, 0.6) is 0 Å². The van der Waals surface area contributed by atoms with Crippen molar-refractivity contribution in [3.05, 3.63) is 10.6 Å². The average Bonchev–Trinajstić information content (AvgIpc) is 2.47. The van der Waals surface area contributed by atoms with Gasteiger partial charge in [0.05, 0.1) is 0 Å². The molecule has 0 radical (unpaired) electrons. The van der Waals surface area contributed by atoms with Crippen LogP contribution in [-0.2, 0) is 9.59 Å². The van der Waals surface area contributed by atoms with Gasteiger partial charge >= 0.3 is 5.97 Å². The number of hydrogen-bond acceptors (Lipinski definition) is 2. The molecule has 1 aliphatic carbocycles. The van der Waals surface area contributed by atoms with Gasteiger partial charge in [-0.15, -0.1) is 0 Å². The average molecular weight is 251 g/mol. The lowest BCUT2D eigenvalue weighted by Crippen LogP contribution is -2.29. The number of halogens is 2. The van der Waals surface area contributed by atoms with Gasteiger partial charge in [0.1, 0.15) is 15.7 Å². The van der Waals surface area contributed by atoms with Gasteiger partial charge in [-0.1, -0.05) is 37.0 Å². The van der Waals surface area contributed by atoms with E-state index in [0.29, 0.717) is 0 Å². The summed E-state index contributed by atoms with van der Waals surface area (Å²) in [6.45, 7) is 4.73. The first-order valence-corrected chi connectivity index (χ1v) is 5.22. The molecule has 1 aliphatic rings. The fourth-order valence-corrected chi connectivity index (χ4v) is 2.75. The maximum Gasteiger partial charge on any atom is 0.318 e. The SMILES string of the molecule is CC(=O)[C@]1(C(=O)O)[C@H](C=C(Cl)Cl)C1(C)C. The minimum Gasteiger partial charge on any atom is -0.480 e. The molecule has 0 saturated heterocycles. The van der Waals surface area contributed by atoms with Crippen molar-refractivity contribution in [1.82, 2.24) is 0 Å². The van der Waals surface area contributed by atoms with Crippen LogP contribution in [0.2, 0.25) is 0 Å². The fraction of sp³-hybridized carbons (Fsp3) is 0.600. The van der Waals surface area contributed by atoms with Crippen molar-refractivity contribution in [2.45, 2.75) is 20.8 Å². The summed E-state index contributed by atoms with van der Waals surface area (Å²) in [5.41, 5.74) is -2.01. The molecule has 1 saturated carbocycles. The summed E-state index contributed by atoms with van der Waals surface area (Å²) >= 11 is 11.0. The van der Waals surface area contributed by atoms with Crippen molar-refractivity contribution in [3.8, 4) is 0 Å². The van der Waals surface area contributed by atoms with Crippen LogP contribution < -0.4 is 0 Å². The van der Waals surface area contributed by atoms with Crippen molar-refractivity contribution in [2.24, 2.45) is 16.7 Å². The molecule has 15 heavy (non-hydrogen) atoms. The van der Waals surface area contributed by atoms with Crippen molar-refractivity contribution in [1.29, 1.82) is 0 Å². The van der Waals surface area contributed by atoms with Gasteiger partial charge in [0.25, 0.3) is 0 Å². The summed E-state index contributed by atoms with van der Waals surface area (Å²) in [5.74, 6) is -1.92. The van der Waals surface area contributed by atoms with Crippen LogP contribution in [0.3, 0.4) is 0 Å². The first kappa shape index (κ1) is 12.5. The van der Waals surface area contributed by atoms with Gasteiger partial charge in [-0.05, 0) is 18.4 Å². The van der Waals surface area contributed by atoms with Crippen molar-refractivity contribution in [2.75, 3.05) is 0 Å². The zero-order valence-corrected chi connectivity index (χ0v) is 10.2. The summed E-state index contributed by atoms with van der Waals surface area (Å²) in [7, 11) is 0.